The number of carbonyl (C=O) groups excluding carboxylic acids is 1. The predicted molar refractivity (Wildman–Crippen MR) is 124 cm³/mol. The highest BCUT2D eigenvalue weighted by Crippen LogP contribution is 2.27. The molecule has 2 aromatic rings. The number of amides is 1. The first-order valence-electron chi connectivity index (χ1n) is 10.3. The Labute approximate surface area is 188 Å². The zero-order valence-electron chi connectivity index (χ0n) is 18.6. The lowest BCUT2D eigenvalue weighted by atomic mass is 10.0. The van der Waals surface area contributed by atoms with Gasteiger partial charge < -0.3 is 10.1 Å². The van der Waals surface area contributed by atoms with Crippen LogP contribution >= 0.6 is 0 Å². The number of rotatable bonds is 11. The van der Waals surface area contributed by atoms with Crippen LogP contribution in [0.2, 0.25) is 0 Å². The Balaban J connectivity index is 2.12. The van der Waals surface area contributed by atoms with Crippen molar-refractivity contribution in [2.24, 2.45) is 0 Å². The van der Waals surface area contributed by atoms with Crippen molar-refractivity contribution >= 4 is 27.3 Å². The Morgan fingerprint density at radius 3 is 2.47 bits per heavy atom. The van der Waals surface area contributed by atoms with Gasteiger partial charge in [-0.2, -0.15) is 0 Å². The summed E-state index contributed by atoms with van der Waals surface area (Å²) in [5.41, 5.74) is 0.855. The van der Waals surface area contributed by atoms with Crippen LogP contribution in [0.4, 0.5) is 11.4 Å². The largest absolute Gasteiger partial charge is 0.491 e. The molecule has 0 saturated heterocycles. The van der Waals surface area contributed by atoms with Crippen LogP contribution in [0.1, 0.15) is 38.7 Å². The fraction of sp³-hybridized carbons (Fsp3) is 0.409. The van der Waals surface area contributed by atoms with E-state index in [1.165, 1.54) is 18.2 Å². The van der Waals surface area contributed by atoms with Crippen LogP contribution in [-0.4, -0.2) is 44.7 Å². The zero-order chi connectivity index (χ0) is 23.9. The van der Waals surface area contributed by atoms with Gasteiger partial charge in [0.15, 0.2) is 0 Å². The lowest BCUT2D eigenvalue weighted by molar-refractivity contribution is -0.384. The van der Waals surface area contributed by atoms with E-state index in [1.54, 1.807) is 6.92 Å². The fourth-order valence-electron chi connectivity index (χ4n) is 3.35. The molecular weight excluding hydrogens is 434 g/mol. The molecule has 0 aliphatic carbocycles. The van der Waals surface area contributed by atoms with Gasteiger partial charge in [0.05, 0.1) is 23.4 Å². The molecule has 0 unspecified atom stereocenters. The van der Waals surface area contributed by atoms with Crippen LogP contribution in [-0.2, 0) is 14.8 Å². The highest BCUT2D eigenvalue weighted by Gasteiger charge is 2.32. The summed E-state index contributed by atoms with van der Waals surface area (Å²) in [5.74, 6) is 0.506. The van der Waals surface area contributed by atoms with Crippen LogP contribution in [0.3, 0.4) is 0 Å². The van der Waals surface area contributed by atoms with E-state index in [4.69, 9.17) is 4.74 Å². The number of nitrogens with zero attached hydrogens (tertiary/aromatic N) is 2. The second kappa shape index (κ2) is 10.9. The number of carbonyl (C=O) groups is 1. The average molecular weight is 464 g/mol. The number of nitro benzene ring substituents is 1. The summed E-state index contributed by atoms with van der Waals surface area (Å²) < 4.78 is 31.7. The molecule has 9 nitrogen and oxygen atoms in total. The van der Waals surface area contributed by atoms with Crippen LogP contribution in [0.5, 0.6) is 5.75 Å². The minimum atomic E-state index is -3.89. The van der Waals surface area contributed by atoms with Crippen LogP contribution in [0.25, 0.3) is 0 Å². The molecule has 2 rings (SSSR count). The third-order valence-corrected chi connectivity index (χ3v) is 6.00. The normalized spacial score (nSPS) is 12.3. The lowest BCUT2D eigenvalue weighted by Crippen LogP contribution is -2.50. The predicted octanol–water partition coefficient (Wildman–Crippen LogP) is 3.46. The van der Waals surface area contributed by atoms with E-state index < -0.39 is 26.9 Å². The van der Waals surface area contributed by atoms with Crippen LogP contribution in [0.15, 0.2) is 48.5 Å². The minimum absolute atomic E-state index is 0.0609. The van der Waals surface area contributed by atoms with Crippen molar-refractivity contribution in [1.82, 2.24) is 5.32 Å². The van der Waals surface area contributed by atoms with Crippen molar-refractivity contribution in [2.75, 3.05) is 23.7 Å². The number of anilines is 1. The molecule has 1 amide bonds. The number of nitro groups is 1. The topological polar surface area (TPSA) is 119 Å². The van der Waals surface area contributed by atoms with E-state index in [2.05, 4.69) is 19.2 Å². The summed E-state index contributed by atoms with van der Waals surface area (Å²) in [5, 5.41) is 13.8. The fourth-order valence-corrected chi connectivity index (χ4v) is 4.55. The average Bonchev–Trinajstić information content (AvgIpc) is 2.74. The molecule has 0 radical (unpaired) electrons. The van der Waals surface area contributed by atoms with E-state index in [9.17, 15) is 23.3 Å². The van der Waals surface area contributed by atoms with E-state index in [0.717, 1.165) is 27.9 Å². The summed E-state index contributed by atoms with van der Waals surface area (Å²) in [4.78, 5) is 23.3. The van der Waals surface area contributed by atoms with Crippen LogP contribution < -0.4 is 14.4 Å². The van der Waals surface area contributed by atoms with Gasteiger partial charge in [0.1, 0.15) is 18.4 Å². The molecule has 32 heavy (non-hydrogen) atoms. The molecule has 0 fully saturated rings. The molecule has 0 aromatic heterocycles. The van der Waals surface area contributed by atoms with Gasteiger partial charge in [-0.15, -0.1) is 0 Å². The van der Waals surface area contributed by atoms with Crippen molar-refractivity contribution in [3.8, 4) is 5.75 Å². The number of non-ortho nitro benzene ring substituents is 1. The standard InChI is InChI=1S/C22H29N3O6S/c1-5-20(24(32(4,29)30)17-9-8-10-18(15-17)25(27)28)22(26)23-13-14-31-21-12-7-6-11-19(21)16(2)3/h6-12,15-16,20H,5,13-14H2,1-4H3,(H,23,26)/t20-/m0/s1. The molecule has 1 atom stereocenters. The van der Waals surface area contributed by atoms with Crippen LogP contribution in [0, 0.1) is 10.1 Å². The maximum Gasteiger partial charge on any atom is 0.271 e. The van der Waals surface area contributed by atoms with Gasteiger partial charge in [-0.05, 0) is 30.0 Å². The van der Waals surface area contributed by atoms with Gasteiger partial charge in [0.25, 0.3) is 5.69 Å². The van der Waals surface area contributed by atoms with E-state index in [0.29, 0.717) is 0 Å². The maximum absolute atomic E-state index is 12.8. The first kappa shape index (κ1) is 25.1. The molecule has 174 valence electrons. The quantitative estimate of drug-likeness (QED) is 0.310. The molecule has 10 heteroatoms. The maximum atomic E-state index is 12.8. The highest BCUT2D eigenvalue weighted by atomic mass is 32.2. The van der Waals surface area contributed by atoms with E-state index >= 15 is 0 Å². The summed E-state index contributed by atoms with van der Waals surface area (Å²) in [6.07, 6.45) is 1.15. The third-order valence-electron chi connectivity index (χ3n) is 4.82. The van der Waals surface area contributed by atoms with Crippen molar-refractivity contribution in [3.05, 3.63) is 64.2 Å². The molecule has 0 aliphatic heterocycles. The molecule has 0 heterocycles. The van der Waals surface area contributed by atoms with Gasteiger partial charge in [-0.1, -0.05) is 45.0 Å². The molecule has 0 bridgehead atoms. The molecular formula is C22H29N3O6S. The zero-order valence-corrected chi connectivity index (χ0v) is 19.5. The van der Waals surface area contributed by atoms with Gasteiger partial charge in [-0.25, -0.2) is 8.42 Å². The second-order valence-corrected chi connectivity index (χ2v) is 9.45. The molecule has 0 aliphatic rings. The molecule has 2 aromatic carbocycles. The van der Waals surface area contributed by atoms with Crippen molar-refractivity contribution < 1.29 is 22.9 Å². The SMILES string of the molecule is CC[C@@H](C(=O)NCCOc1ccccc1C(C)C)N(c1cccc([N+](=O)[O-])c1)S(C)(=O)=O. The molecule has 0 spiro atoms. The Bertz CT molecular complexity index is 1060. The van der Waals surface area contributed by atoms with Gasteiger partial charge in [0.2, 0.25) is 15.9 Å². The van der Waals surface area contributed by atoms with Gasteiger partial charge >= 0.3 is 0 Å². The first-order chi connectivity index (χ1) is 15.1. The second-order valence-electron chi connectivity index (χ2n) is 7.59. The smallest absolute Gasteiger partial charge is 0.271 e. The summed E-state index contributed by atoms with van der Waals surface area (Å²) in [6, 6.07) is 11.8. The number of benzene rings is 2. The Kier molecular flexibility index (Phi) is 8.59. The number of ether oxygens (including phenoxy) is 1. The van der Waals surface area contributed by atoms with Crippen molar-refractivity contribution in [3.63, 3.8) is 0 Å². The Morgan fingerprint density at radius 1 is 1.19 bits per heavy atom. The first-order valence-corrected chi connectivity index (χ1v) is 12.1. The number of nitrogens with one attached hydrogen (secondary N) is 1. The Morgan fingerprint density at radius 2 is 1.88 bits per heavy atom. The summed E-state index contributed by atoms with van der Waals surface area (Å²) >= 11 is 0. The van der Waals surface area contributed by atoms with E-state index in [-0.39, 0.29) is 36.9 Å². The monoisotopic (exact) mass is 463 g/mol. The van der Waals surface area contributed by atoms with E-state index in [1.807, 2.05) is 24.3 Å². The number of hydrogen-bond donors (Lipinski definition) is 1. The number of para-hydroxylation sites is 1. The molecule has 1 N–H and O–H groups in total. The lowest BCUT2D eigenvalue weighted by Gasteiger charge is -2.30. The number of hydrogen-bond acceptors (Lipinski definition) is 6. The Hall–Kier alpha value is -3.14. The van der Waals surface area contributed by atoms with Crippen molar-refractivity contribution in [1.29, 1.82) is 0 Å². The van der Waals surface area contributed by atoms with Gasteiger partial charge in [-0.3, -0.25) is 19.2 Å². The summed E-state index contributed by atoms with van der Waals surface area (Å²) in [7, 11) is -3.89. The van der Waals surface area contributed by atoms with Crippen molar-refractivity contribution in [2.45, 2.75) is 39.2 Å². The minimum Gasteiger partial charge on any atom is -0.491 e. The third kappa shape index (κ3) is 6.43. The van der Waals surface area contributed by atoms with Gasteiger partial charge in [0, 0.05) is 12.1 Å². The summed E-state index contributed by atoms with van der Waals surface area (Å²) in [6.45, 7) is 6.18. The number of sulfonamides is 1. The highest BCUT2D eigenvalue weighted by molar-refractivity contribution is 7.92. The molecule has 0 saturated carbocycles.